The van der Waals surface area contributed by atoms with Crippen LogP contribution in [0, 0.1) is 5.82 Å². The molecule has 3 rings (SSSR count). The van der Waals surface area contributed by atoms with E-state index >= 15 is 0 Å². The number of amides is 1. The number of benzene rings is 1. The fourth-order valence-corrected chi connectivity index (χ4v) is 3.13. The van der Waals surface area contributed by atoms with E-state index in [0.29, 0.717) is 31.4 Å². The normalized spacial score (nSPS) is 16.3. The number of halogens is 3. The minimum absolute atomic E-state index is 0.112. The van der Waals surface area contributed by atoms with Crippen molar-refractivity contribution in [1.82, 2.24) is 19.8 Å². The fourth-order valence-electron chi connectivity index (χ4n) is 3.13. The number of piperidine rings is 1. The highest BCUT2D eigenvalue weighted by atomic mass is 19.3. The number of carbonyl (C=O) groups is 1. The zero-order valence-corrected chi connectivity index (χ0v) is 14.0. The lowest BCUT2D eigenvalue weighted by atomic mass is 10.1. The molecule has 2 aromatic rings. The standard InChI is InChI=1S/C17H19F3N4O2/c18-11-1-2-14-13(7-11)17(26)24(10-21-14)9-16(25)22-12-3-5-23(6-4-12)8-15(19)20/h1-2,7,10,12,15H,3-6,8-9H2,(H,22,25). The first-order chi connectivity index (χ1) is 12.4. The molecular weight excluding hydrogens is 349 g/mol. The van der Waals surface area contributed by atoms with Gasteiger partial charge in [-0.3, -0.25) is 19.1 Å². The Labute approximate surface area is 147 Å². The van der Waals surface area contributed by atoms with E-state index in [-0.39, 0.29) is 30.4 Å². The first-order valence-corrected chi connectivity index (χ1v) is 8.37. The van der Waals surface area contributed by atoms with Crippen LogP contribution in [0.3, 0.4) is 0 Å². The van der Waals surface area contributed by atoms with E-state index in [2.05, 4.69) is 10.3 Å². The van der Waals surface area contributed by atoms with Crippen LogP contribution in [0.1, 0.15) is 12.8 Å². The average Bonchev–Trinajstić information content (AvgIpc) is 2.59. The average molecular weight is 368 g/mol. The lowest BCUT2D eigenvalue weighted by Gasteiger charge is -2.32. The number of rotatable bonds is 5. The molecule has 0 radical (unpaired) electrons. The van der Waals surface area contributed by atoms with Gasteiger partial charge in [-0.1, -0.05) is 0 Å². The summed E-state index contributed by atoms with van der Waals surface area (Å²) in [6, 6.07) is 3.60. The highest BCUT2D eigenvalue weighted by Gasteiger charge is 2.22. The van der Waals surface area contributed by atoms with Gasteiger partial charge in [0.05, 0.1) is 23.8 Å². The number of aromatic nitrogens is 2. The maximum absolute atomic E-state index is 13.3. The molecule has 0 unspecified atom stereocenters. The largest absolute Gasteiger partial charge is 0.352 e. The van der Waals surface area contributed by atoms with E-state index in [1.807, 2.05) is 0 Å². The van der Waals surface area contributed by atoms with Gasteiger partial charge in [-0.05, 0) is 31.0 Å². The summed E-state index contributed by atoms with van der Waals surface area (Å²) in [6.07, 6.45) is 0.0504. The van der Waals surface area contributed by atoms with Gasteiger partial charge < -0.3 is 5.32 Å². The summed E-state index contributed by atoms with van der Waals surface area (Å²) in [6.45, 7) is 0.503. The zero-order chi connectivity index (χ0) is 18.7. The first-order valence-electron chi connectivity index (χ1n) is 8.37. The summed E-state index contributed by atoms with van der Waals surface area (Å²) < 4.78 is 39.2. The number of carbonyl (C=O) groups excluding carboxylic acids is 1. The molecule has 1 aromatic carbocycles. The van der Waals surface area contributed by atoms with Crippen molar-refractivity contribution in [3.8, 4) is 0 Å². The van der Waals surface area contributed by atoms with Crippen molar-refractivity contribution in [1.29, 1.82) is 0 Å². The fraction of sp³-hybridized carbons (Fsp3) is 0.471. The van der Waals surface area contributed by atoms with E-state index in [9.17, 15) is 22.8 Å². The Morgan fingerprint density at radius 2 is 2.04 bits per heavy atom. The number of fused-ring (bicyclic) bond motifs is 1. The van der Waals surface area contributed by atoms with Gasteiger partial charge >= 0.3 is 0 Å². The van der Waals surface area contributed by atoms with Crippen molar-refractivity contribution in [2.24, 2.45) is 0 Å². The van der Waals surface area contributed by atoms with Gasteiger partial charge in [-0.25, -0.2) is 18.2 Å². The van der Waals surface area contributed by atoms with E-state index in [0.717, 1.165) is 10.6 Å². The molecule has 1 aliphatic heterocycles. The lowest BCUT2D eigenvalue weighted by molar-refractivity contribution is -0.122. The smallest absolute Gasteiger partial charge is 0.261 e. The van der Waals surface area contributed by atoms with Crippen molar-refractivity contribution in [2.45, 2.75) is 31.9 Å². The second-order valence-corrected chi connectivity index (χ2v) is 6.37. The Morgan fingerprint density at radius 3 is 2.73 bits per heavy atom. The zero-order valence-electron chi connectivity index (χ0n) is 14.0. The molecule has 0 bridgehead atoms. The quantitative estimate of drug-likeness (QED) is 0.866. The van der Waals surface area contributed by atoms with Crippen LogP contribution in [0.2, 0.25) is 0 Å². The maximum Gasteiger partial charge on any atom is 0.261 e. The van der Waals surface area contributed by atoms with Crippen LogP contribution in [0.15, 0.2) is 29.3 Å². The molecule has 0 aliphatic carbocycles. The topological polar surface area (TPSA) is 67.2 Å². The number of nitrogens with one attached hydrogen (secondary N) is 1. The van der Waals surface area contributed by atoms with Gasteiger partial charge in [0.1, 0.15) is 12.4 Å². The van der Waals surface area contributed by atoms with Gasteiger partial charge in [-0.15, -0.1) is 0 Å². The number of hydrogen-bond acceptors (Lipinski definition) is 4. The van der Waals surface area contributed by atoms with Crippen molar-refractivity contribution in [2.75, 3.05) is 19.6 Å². The molecule has 1 aliphatic rings. The van der Waals surface area contributed by atoms with Gasteiger partial charge in [0.25, 0.3) is 12.0 Å². The van der Waals surface area contributed by atoms with E-state index in [1.54, 1.807) is 4.90 Å². The lowest BCUT2D eigenvalue weighted by Crippen LogP contribution is -2.47. The van der Waals surface area contributed by atoms with Crippen LogP contribution < -0.4 is 10.9 Å². The summed E-state index contributed by atoms with van der Waals surface area (Å²) in [7, 11) is 0. The summed E-state index contributed by atoms with van der Waals surface area (Å²) in [5.41, 5.74) is -0.129. The van der Waals surface area contributed by atoms with Crippen LogP contribution in [-0.4, -0.2) is 52.5 Å². The molecule has 0 saturated carbocycles. The van der Waals surface area contributed by atoms with E-state index in [1.165, 1.54) is 18.5 Å². The molecule has 1 fully saturated rings. The molecule has 26 heavy (non-hydrogen) atoms. The van der Waals surface area contributed by atoms with Crippen molar-refractivity contribution >= 4 is 16.8 Å². The number of nitrogens with zero attached hydrogens (tertiary/aromatic N) is 3. The highest BCUT2D eigenvalue weighted by Crippen LogP contribution is 2.12. The molecule has 1 saturated heterocycles. The minimum atomic E-state index is -2.36. The number of alkyl halides is 2. The van der Waals surface area contributed by atoms with Crippen molar-refractivity contribution in [3.05, 3.63) is 40.7 Å². The molecular formula is C17H19F3N4O2. The van der Waals surface area contributed by atoms with Crippen LogP contribution in [0.5, 0.6) is 0 Å². The molecule has 1 N–H and O–H groups in total. The van der Waals surface area contributed by atoms with E-state index in [4.69, 9.17) is 0 Å². The maximum atomic E-state index is 13.3. The second-order valence-electron chi connectivity index (χ2n) is 6.37. The predicted octanol–water partition coefficient (Wildman–Crippen LogP) is 1.38. The predicted molar refractivity (Wildman–Crippen MR) is 89.6 cm³/mol. The summed E-state index contributed by atoms with van der Waals surface area (Å²) in [4.78, 5) is 30.3. The summed E-state index contributed by atoms with van der Waals surface area (Å²) in [5.74, 6) is -0.911. The van der Waals surface area contributed by atoms with Gasteiger partial charge in [0.2, 0.25) is 5.91 Å². The third kappa shape index (κ3) is 4.40. The molecule has 2 heterocycles. The Morgan fingerprint density at radius 1 is 1.31 bits per heavy atom. The van der Waals surface area contributed by atoms with Crippen LogP contribution in [0.25, 0.3) is 10.9 Å². The molecule has 9 heteroatoms. The Kier molecular flexibility index (Phi) is 5.55. The molecule has 6 nitrogen and oxygen atoms in total. The van der Waals surface area contributed by atoms with Crippen LogP contribution in [-0.2, 0) is 11.3 Å². The van der Waals surface area contributed by atoms with Gasteiger partial charge in [-0.2, -0.15) is 0 Å². The Balaban J connectivity index is 1.60. The van der Waals surface area contributed by atoms with Crippen LogP contribution >= 0.6 is 0 Å². The molecule has 1 aromatic heterocycles. The van der Waals surface area contributed by atoms with Crippen LogP contribution in [0.4, 0.5) is 13.2 Å². The minimum Gasteiger partial charge on any atom is -0.352 e. The second kappa shape index (κ2) is 7.86. The molecule has 140 valence electrons. The molecule has 1 amide bonds. The third-order valence-corrected chi connectivity index (χ3v) is 4.45. The number of likely N-dealkylation sites (tertiary alicyclic amines) is 1. The highest BCUT2D eigenvalue weighted by molar-refractivity contribution is 5.79. The number of hydrogen-bond donors (Lipinski definition) is 1. The van der Waals surface area contributed by atoms with Gasteiger partial charge in [0, 0.05) is 19.1 Å². The third-order valence-electron chi connectivity index (χ3n) is 4.45. The first kappa shape index (κ1) is 18.4. The Bertz CT molecular complexity index is 848. The van der Waals surface area contributed by atoms with Crippen molar-refractivity contribution < 1.29 is 18.0 Å². The Hall–Kier alpha value is -2.42. The monoisotopic (exact) mass is 368 g/mol. The summed E-state index contributed by atoms with van der Waals surface area (Å²) in [5, 5.41) is 2.92. The van der Waals surface area contributed by atoms with E-state index < -0.39 is 17.8 Å². The summed E-state index contributed by atoms with van der Waals surface area (Å²) >= 11 is 0. The molecule has 0 spiro atoms. The molecule has 0 atom stereocenters. The SMILES string of the molecule is O=C(Cn1cnc2ccc(F)cc2c1=O)NC1CCN(CC(F)F)CC1. The van der Waals surface area contributed by atoms with Crippen molar-refractivity contribution in [3.63, 3.8) is 0 Å². The van der Waals surface area contributed by atoms with Gasteiger partial charge in [0.15, 0.2) is 0 Å².